The molecule has 4 heteroatoms. The molecule has 1 fully saturated rings. The number of hydrogen-bond acceptors (Lipinski definition) is 3. The number of rotatable bonds is 2. The lowest BCUT2D eigenvalue weighted by Gasteiger charge is -2.17. The molecule has 0 radical (unpaired) electrons. The van der Waals surface area contributed by atoms with Crippen molar-refractivity contribution < 1.29 is 14.3 Å². The van der Waals surface area contributed by atoms with Crippen molar-refractivity contribution in [3.8, 4) is 0 Å². The molecule has 0 aliphatic heterocycles. The quantitative estimate of drug-likeness (QED) is 0.706. The third-order valence-electron chi connectivity index (χ3n) is 3.25. The minimum Gasteiger partial charge on any atom is -0.469 e. The van der Waals surface area contributed by atoms with Gasteiger partial charge in [-0.25, -0.2) is 0 Å². The summed E-state index contributed by atoms with van der Waals surface area (Å²) in [4.78, 5) is 23.1. The van der Waals surface area contributed by atoms with E-state index in [-0.39, 0.29) is 23.6 Å². The summed E-state index contributed by atoms with van der Waals surface area (Å²) in [7, 11) is 3.29. The molecule has 1 aromatic rings. The SMILES string of the molecule is COC(=O)[C@H]1CC(=O)C[C@H]1c1cccn1C. The molecule has 1 aliphatic rings. The van der Waals surface area contributed by atoms with Crippen LogP contribution >= 0.6 is 0 Å². The Bertz CT molecular complexity index is 422. The van der Waals surface area contributed by atoms with Gasteiger partial charge in [-0.2, -0.15) is 0 Å². The van der Waals surface area contributed by atoms with Gasteiger partial charge in [0, 0.05) is 37.7 Å². The first kappa shape index (κ1) is 10.9. The summed E-state index contributed by atoms with van der Waals surface area (Å²) in [5.74, 6) is -0.482. The molecule has 86 valence electrons. The molecule has 0 saturated heterocycles. The van der Waals surface area contributed by atoms with E-state index in [0.29, 0.717) is 12.8 Å². The van der Waals surface area contributed by atoms with Crippen molar-refractivity contribution in [2.75, 3.05) is 7.11 Å². The number of carbonyl (C=O) groups is 2. The topological polar surface area (TPSA) is 48.3 Å². The van der Waals surface area contributed by atoms with Crippen molar-refractivity contribution in [3.05, 3.63) is 24.0 Å². The zero-order valence-electron chi connectivity index (χ0n) is 9.47. The van der Waals surface area contributed by atoms with Crippen LogP contribution in [0.25, 0.3) is 0 Å². The number of aryl methyl sites for hydroxylation is 1. The summed E-state index contributed by atoms with van der Waals surface area (Å²) in [6.07, 6.45) is 2.67. The van der Waals surface area contributed by atoms with E-state index in [2.05, 4.69) is 0 Å². The molecule has 0 aromatic carbocycles. The van der Waals surface area contributed by atoms with Crippen LogP contribution in [0.4, 0.5) is 0 Å². The van der Waals surface area contributed by atoms with E-state index >= 15 is 0 Å². The van der Waals surface area contributed by atoms with Gasteiger partial charge in [0.25, 0.3) is 0 Å². The van der Waals surface area contributed by atoms with Crippen LogP contribution in [0.15, 0.2) is 18.3 Å². The molecule has 2 rings (SSSR count). The fourth-order valence-electron chi connectivity index (χ4n) is 2.43. The molecule has 1 aromatic heterocycles. The second-order valence-electron chi connectivity index (χ2n) is 4.23. The van der Waals surface area contributed by atoms with Gasteiger partial charge in [0.1, 0.15) is 5.78 Å². The second-order valence-corrected chi connectivity index (χ2v) is 4.23. The molecule has 0 N–H and O–H groups in total. The van der Waals surface area contributed by atoms with Gasteiger partial charge in [0.05, 0.1) is 13.0 Å². The molecule has 16 heavy (non-hydrogen) atoms. The summed E-state index contributed by atoms with van der Waals surface area (Å²) >= 11 is 0. The molecule has 0 amide bonds. The minimum absolute atomic E-state index is 0.0278. The molecule has 1 aliphatic carbocycles. The number of Topliss-reactive ketones (excluding diaryl/α,β-unsaturated/α-hetero) is 1. The summed E-state index contributed by atoms with van der Waals surface area (Å²) < 4.78 is 6.71. The predicted octanol–water partition coefficient (Wildman–Crippen LogP) is 1.26. The average molecular weight is 221 g/mol. The van der Waals surface area contributed by atoms with Crippen molar-refractivity contribution in [1.82, 2.24) is 4.57 Å². The minimum atomic E-state index is -0.314. The first-order valence-electron chi connectivity index (χ1n) is 5.34. The Balaban J connectivity index is 2.29. The molecule has 1 saturated carbocycles. The van der Waals surface area contributed by atoms with Crippen LogP contribution in [0, 0.1) is 5.92 Å². The van der Waals surface area contributed by atoms with E-state index in [1.807, 2.05) is 29.9 Å². The molecule has 4 nitrogen and oxygen atoms in total. The Morgan fingerprint density at radius 2 is 2.25 bits per heavy atom. The van der Waals surface area contributed by atoms with Gasteiger partial charge in [-0.3, -0.25) is 9.59 Å². The third-order valence-corrected chi connectivity index (χ3v) is 3.25. The zero-order chi connectivity index (χ0) is 11.7. The summed E-state index contributed by atoms with van der Waals surface area (Å²) in [6, 6.07) is 3.88. The van der Waals surface area contributed by atoms with Crippen LogP contribution in [0.1, 0.15) is 24.5 Å². The maximum Gasteiger partial charge on any atom is 0.309 e. The van der Waals surface area contributed by atoms with Gasteiger partial charge >= 0.3 is 5.97 Å². The number of esters is 1. The van der Waals surface area contributed by atoms with Crippen LogP contribution < -0.4 is 0 Å². The normalized spacial score (nSPS) is 24.8. The van der Waals surface area contributed by atoms with Gasteiger partial charge in [0.15, 0.2) is 0 Å². The summed E-state index contributed by atoms with van der Waals surface area (Å²) in [5, 5.41) is 0. The average Bonchev–Trinajstić information content (AvgIpc) is 2.83. The lowest BCUT2D eigenvalue weighted by molar-refractivity contribution is -0.146. The number of aromatic nitrogens is 1. The highest BCUT2D eigenvalue weighted by atomic mass is 16.5. The first-order valence-corrected chi connectivity index (χ1v) is 5.34. The van der Waals surface area contributed by atoms with Crippen molar-refractivity contribution in [2.24, 2.45) is 13.0 Å². The first-order chi connectivity index (χ1) is 7.63. The van der Waals surface area contributed by atoms with Gasteiger partial charge < -0.3 is 9.30 Å². The Morgan fingerprint density at radius 1 is 1.50 bits per heavy atom. The summed E-state index contributed by atoms with van der Waals surface area (Å²) in [5.41, 5.74) is 1.03. The summed E-state index contributed by atoms with van der Waals surface area (Å²) in [6.45, 7) is 0. The van der Waals surface area contributed by atoms with Crippen LogP contribution in [-0.4, -0.2) is 23.4 Å². The number of nitrogens with zero attached hydrogens (tertiary/aromatic N) is 1. The Labute approximate surface area is 94.2 Å². The highest BCUT2D eigenvalue weighted by molar-refractivity contribution is 5.89. The van der Waals surface area contributed by atoms with E-state index in [9.17, 15) is 9.59 Å². The van der Waals surface area contributed by atoms with Gasteiger partial charge in [-0.15, -0.1) is 0 Å². The fourth-order valence-corrected chi connectivity index (χ4v) is 2.43. The lowest BCUT2D eigenvalue weighted by Crippen LogP contribution is -2.20. The van der Waals surface area contributed by atoms with Crippen molar-refractivity contribution in [1.29, 1.82) is 0 Å². The third kappa shape index (κ3) is 1.75. The maximum absolute atomic E-state index is 11.6. The largest absolute Gasteiger partial charge is 0.469 e. The van der Waals surface area contributed by atoms with Crippen molar-refractivity contribution in [2.45, 2.75) is 18.8 Å². The van der Waals surface area contributed by atoms with Crippen LogP contribution in [0.3, 0.4) is 0 Å². The smallest absolute Gasteiger partial charge is 0.309 e. The molecule has 0 spiro atoms. The Morgan fingerprint density at radius 3 is 2.81 bits per heavy atom. The Kier molecular flexibility index (Phi) is 2.81. The Hall–Kier alpha value is -1.58. The molecular weight excluding hydrogens is 206 g/mol. The van der Waals surface area contributed by atoms with E-state index in [4.69, 9.17) is 4.74 Å². The molecule has 2 atom stereocenters. The van der Waals surface area contributed by atoms with Crippen LogP contribution in [0.2, 0.25) is 0 Å². The highest BCUT2D eigenvalue weighted by Gasteiger charge is 2.40. The zero-order valence-corrected chi connectivity index (χ0v) is 9.47. The van der Waals surface area contributed by atoms with E-state index in [1.165, 1.54) is 7.11 Å². The highest BCUT2D eigenvalue weighted by Crippen LogP contribution is 2.38. The number of carbonyl (C=O) groups excluding carboxylic acids is 2. The molecule has 1 heterocycles. The van der Waals surface area contributed by atoms with Gasteiger partial charge in [-0.1, -0.05) is 0 Å². The predicted molar refractivity (Wildman–Crippen MR) is 57.9 cm³/mol. The number of ether oxygens (including phenoxy) is 1. The molecular formula is C12H15NO3. The monoisotopic (exact) mass is 221 g/mol. The molecule has 0 unspecified atom stereocenters. The van der Waals surface area contributed by atoms with E-state index in [0.717, 1.165) is 5.69 Å². The van der Waals surface area contributed by atoms with Crippen LogP contribution in [-0.2, 0) is 21.4 Å². The molecule has 0 bridgehead atoms. The van der Waals surface area contributed by atoms with E-state index in [1.54, 1.807) is 0 Å². The van der Waals surface area contributed by atoms with Crippen molar-refractivity contribution in [3.63, 3.8) is 0 Å². The second kappa shape index (κ2) is 4.12. The number of ketones is 1. The van der Waals surface area contributed by atoms with Gasteiger partial charge in [0.2, 0.25) is 0 Å². The standard InChI is InChI=1S/C12H15NO3/c1-13-5-3-4-11(13)9-6-8(14)7-10(9)12(15)16-2/h3-5,9-10H,6-7H2,1-2H3/t9-,10+/m1/s1. The fraction of sp³-hybridized carbons (Fsp3) is 0.500. The van der Waals surface area contributed by atoms with Crippen LogP contribution in [0.5, 0.6) is 0 Å². The maximum atomic E-state index is 11.6. The number of methoxy groups -OCH3 is 1. The van der Waals surface area contributed by atoms with Crippen molar-refractivity contribution >= 4 is 11.8 Å². The van der Waals surface area contributed by atoms with Gasteiger partial charge in [-0.05, 0) is 12.1 Å². The number of hydrogen-bond donors (Lipinski definition) is 0. The lowest BCUT2D eigenvalue weighted by atomic mass is 9.93. The van der Waals surface area contributed by atoms with E-state index < -0.39 is 0 Å².